The maximum Gasteiger partial charge on any atom is 0.162 e. The number of aryl methyl sites for hydroxylation is 1. The van der Waals surface area contributed by atoms with Crippen molar-refractivity contribution in [3.8, 4) is 11.5 Å². The van der Waals surface area contributed by atoms with Crippen LogP contribution in [-0.2, 0) is 20.1 Å². The molecule has 6 heteroatoms. The fourth-order valence-corrected chi connectivity index (χ4v) is 2.93. The van der Waals surface area contributed by atoms with E-state index in [1.165, 1.54) is 10.5 Å². The van der Waals surface area contributed by atoms with Crippen molar-refractivity contribution in [2.75, 3.05) is 19.5 Å². The molecule has 112 valence electrons. The topological polar surface area (TPSA) is 48.3 Å². The molecule has 1 N–H and O–H groups in total. The molecule has 1 aromatic heterocycles. The number of rotatable bonds is 5. The van der Waals surface area contributed by atoms with E-state index in [-0.39, 0.29) is 0 Å². The monoisotopic (exact) mass is 305 g/mol. The second-order valence-electron chi connectivity index (χ2n) is 4.87. The van der Waals surface area contributed by atoms with Gasteiger partial charge in [-0.3, -0.25) is 0 Å². The van der Waals surface area contributed by atoms with E-state index in [9.17, 15) is 0 Å². The highest BCUT2D eigenvalue weighted by Gasteiger charge is 2.15. The zero-order valence-corrected chi connectivity index (χ0v) is 13.1. The standard InChI is InChI=1S/C15H19N3O2S/c1-18-4-3-17-15(18)10-16-9-11-7-12-13(8-14(11)21-2)20-6-5-19-12/h3-4,7-8,16H,5-6,9-10H2,1-2H3. The van der Waals surface area contributed by atoms with Crippen molar-refractivity contribution in [2.45, 2.75) is 18.0 Å². The van der Waals surface area contributed by atoms with E-state index in [1.807, 2.05) is 24.0 Å². The van der Waals surface area contributed by atoms with Crippen molar-refractivity contribution in [1.29, 1.82) is 0 Å². The van der Waals surface area contributed by atoms with Gasteiger partial charge in [0.1, 0.15) is 19.0 Å². The molecule has 0 atom stereocenters. The first-order valence-corrected chi connectivity index (χ1v) is 8.14. The molecular formula is C15H19N3O2S. The van der Waals surface area contributed by atoms with Crippen LogP contribution in [0.5, 0.6) is 11.5 Å². The molecule has 0 amide bonds. The van der Waals surface area contributed by atoms with Crippen LogP contribution in [-0.4, -0.2) is 29.0 Å². The third-order valence-corrected chi connectivity index (χ3v) is 4.28. The van der Waals surface area contributed by atoms with Gasteiger partial charge in [0.15, 0.2) is 11.5 Å². The molecular weight excluding hydrogens is 286 g/mol. The second kappa shape index (κ2) is 6.41. The summed E-state index contributed by atoms with van der Waals surface area (Å²) in [5.41, 5.74) is 1.22. The summed E-state index contributed by atoms with van der Waals surface area (Å²) in [6.45, 7) is 2.76. The van der Waals surface area contributed by atoms with Crippen molar-refractivity contribution >= 4 is 11.8 Å². The van der Waals surface area contributed by atoms with Crippen LogP contribution in [0.25, 0.3) is 0 Å². The summed E-state index contributed by atoms with van der Waals surface area (Å²) < 4.78 is 13.3. The Kier molecular flexibility index (Phi) is 4.36. The highest BCUT2D eigenvalue weighted by atomic mass is 32.2. The Hall–Kier alpha value is -1.66. The largest absolute Gasteiger partial charge is 0.486 e. The predicted molar refractivity (Wildman–Crippen MR) is 83.0 cm³/mol. The van der Waals surface area contributed by atoms with E-state index < -0.39 is 0 Å². The Balaban J connectivity index is 1.70. The third-order valence-electron chi connectivity index (χ3n) is 3.46. The Morgan fingerprint density at radius 2 is 2.00 bits per heavy atom. The first kappa shape index (κ1) is 14.3. The van der Waals surface area contributed by atoms with Crippen LogP contribution in [0.15, 0.2) is 29.4 Å². The molecule has 0 saturated heterocycles. The van der Waals surface area contributed by atoms with Crippen molar-refractivity contribution < 1.29 is 9.47 Å². The number of thioether (sulfide) groups is 1. The molecule has 0 radical (unpaired) electrons. The molecule has 0 unspecified atom stereocenters. The molecule has 3 rings (SSSR count). The van der Waals surface area contributed by atoms with E-state index >= 15 is 0 Å². The second-order valence-corrected chi connectivity index (χ2v) is 5.71. The minimum Gasteiger partial charge on any atom is -0.486 e. The van der Waals surface area contributed by atoms with E-state index in [0.29, 0.717) is 13.2 Å². The van der Waals surface area contributed by atoms with Gasteiger partial charge >= 0.3 is 0 Å². The van der Waals surface area contributed by atoms with E-state index in [1.54, 1.807) is 11.8 Å². The lowest BCUT2D eigenvalue weighted by Crippen LogP contribution is -2.18. The SMILES string of the molecule is CSc1cc2c(cc1CNCc1nccn1C)OCCO2. The number of imidazole rings is 1. The van der Waals surface area contributed by atoms with Crippen molar-refractivity contribution in [2.24, 2.45) is 7.05 Å². The van der Waals surface area contributed by atoms with E-state index in [0.717, 1.165) is 30.4 Å². The maximum absolute atomic E-state index is 5.66. The van der Waals surface area contributed by atoms with Crippen LogP contribution in [0.2, 0.25) is 0 Å². The summed E-state index contributed by atoms with van der Waals surface area (Å²) >= 11 is 1.72. The van der Waals surface area contributed by atoms with Gasteiger partial charge in [0.25, 0.3) is 0 Å². The van der Waals surface area contributed by atoms with Gasteiger partial charge in [-0.15, -0.1) is 11.8 Å². The van der Waals surface area contributed by atoms with Gasteiger partial charge in [0.2, 0.25) is 0 Å². The van der Waals surface area contributed by atoms with E-state index in [4.69, 9.17) is 9.47 Å². The molecule has 0 bridgehead atoms. The number of benzene rings is 1. The van der Waals surface area contributed by atoms with Crippen LogP contribution in [0, 0.1) is 0 Å². The highest BCUT2D eigenvalue weighted by molar-refractivity contribution is 7.98. The Bertz CT molecular complexity index is 627. The molecule has 0 aliphatic carbocycles. The van der Waals surface area contributed by atoms with Crippen molar-refractivity contribution in [3.05, 3.63) is 35.9 Å². The molecule has 2 heterocycles. The summed E-state index contributed by atoms with van der Waals surface area (Å²) in [6.07, 6.45) is 5.84. The van der Waals surface area contributed by atoms with Gasteiger partial charge in [-0.1, -0.05) is 0 Å². The van der Waals surface area contributed by atoms with E-state index in [2.05, 4.69) is 28.7 Å². The zero-order valence-electron chi connectivity index (χ0n) is 12.3. The Morgan fingerprint density at radius 3 is 2.67 bits per heavy atom. The summed E-state index contributed by atoms with van der Waals surface area (Å²) in [5.74, 6) is 2.71. The zero-order chi connectivity index (χ0) is 14.7. The van der Waals surface area contributed by atoms with Gasteiger partial charge in [-0.05, 0) is 24.0 Å². The Labute approximate surface area is 128 Å². The van der Waals surface area contributed by atoms with Gasteiger partial charge < -0.3 is 19.4 Å². The third kappa shape index (κ3) is 3.16. The van der Waals surface area contributed by atoms with Crippen LogP contribution in [0.3, 0.4) is 0 Å². The summed E-state index contributed by atoms with van der Waals surface area (Å²) in [7, 11) is 2.00. The highest BCUT2D eigenvalue weighted by Crippen LogP contribution is 2.36. The molecule has 1 aromatic carbocycles. The first-order valence-electron chi connectivity index (χ1n) is 6.91. The first-order chi connectivity index (χ1) is 10.3. The molecule has 21 heavy (non-hydrogen) atoms. The van der Waals surface area contributed by atoms with Gasteiger partial charge in [0.05, 0.1) is 6.54 Å². The number of ether oxygens (including phenoxy) is 2. The fourth-order valence-electron chi connectivity index (χ4n) is 2.32. The predicted octanol–water partition coefficient (Wildman–Crippen LogP) is 2.20. The minimum atomic E-state index is 0.617. The lowest BCUT2D eigenvalue weighted by molar-refractivity contribution is 0.171. The number of nitrogens with one attached hydrogen (secondary N) is 1. The molecule has 5 nitrogen and oxygen atoms in total. The molecule has 2 aromatic rings. The van der Waals surface area contributed by atoms with Gasteiger partial charge in [0, 0.05) is 30.9 Å². The Morgan fingerprint density at radius 1 is 1.24 bits per heavy atom. The summed E-state index contributed by atoms with van der Waals surface area (Å²) in [4.78, 5) is 5.52. The number of aromatic nitrogens is 2. The molecule has 0 fully saturated rings. The van der Waals surface area contributed by atoms with Crippen molar-refractivity contribution in [3.63, 3.8) is 0 Å². The fraction of sp³-hybridized carbons (Fsp3) is 0.400. The molecule has 1 aliphatic heterocycles. The van der Waals surface area contributed by atoms with Crippen LogP contribution < -0.4 is 14.8 Å². The smallest absolute Gasteiger partial charge is 0.162 e. The number of hydrogen-bond acceptors (Lipinski definition) is 5. The average molecular weight is 305 g/mol. The minimum absolute atomic E-state index is 0.617. The number of fused-ring (bicyclic) bond motifs is 1. The van der Waals surface area contributed by atoms with Crippen LogP contribution >= 0.6 is 11.8 Å². The van der Waals surface area contributed by atoms with Crippen LogP contribution in [0.4, 0.5) is 0 Å². The molecule has 0 saturated carbocycles. The normalized spacial score (nSPS) is 13.4. The molecule has 0 spiro atoms. The van der Waals surface area contributed by atoms with Crippen LogP contribution in [0.1, 0.15) is 11.4 Å². The van der Waals surface area contributed by atoms with Gasteiger partial charge in [-0.2, -0.15) is 0 Å². The average Bonchev–Trinajstić information content (AvgIpc) is 2.92. The number of nitrogens with zero attached hydrogens (tertiary/aromatic N) is 2. The maximum atomic E-state index is 5.66. The lowest BCUT2D eigenvalue weighted by atomic mass is 10.2. The lowest BCUT2D eigenvalue weighted by Gasteiger charge is -2.21. The quantitative estimate of drug-likeness (QED) is 0.858. The van der Waals surface area contributed by atoms with Gasteiger partial charge in [-0.25, -0.2) is 4.98 Å². The summed E-state index contributed by atoms with van der Waals surface area (Å²) in [6, 6.07) is 4.14. The van der Waals surface area contributed by atoms with Crippen molar-refractivity contribution in [1.82, 2.24) is 14.9 Å². The molecule has 1 aliphatic rings. The number of hydrogen-bond donors (Lipinski definition) is 1. The summed E-state index contributed by atoms with van der Waals surface area (Å²) in [5, 5.41) is 3.43.